The summed E-state index contributed by atoms with van der Waals surface area (Å²) in [4.78, 5) is 26.1. The second-order valence-corrected chi connectivity index (χ2v) is 6.52. The van der Waals surface area contributed by atoms with Gasteiger partial charge in [-0.15, -0.1) is 0 Å². The molecule has 0 aliphatic carbocycles. The van der Waals surface area contributed by atoms with E-state index in [1.807, 2.05) is 45.0 Å². The first-order chi connectivity index (χ1) is 12.0. The molecule has 0 spiro atoms. The highest BCUT2D eigenvalue weighted by Gasteiger charge is 2.26. The molecule has 1 aliphatic heterocycles. The molecule has 0 fully saturated rings. The van der Waals surface area contributed by atoms with Crippen LogP contribution in [0.5, 0.6) is 5.75 Å². The van der Waals surface area contributed by atoms with E-state index in [0.717, 1.165) is 11.1 Å². The fraction of sp³-hybridized carbons (Fsp3) is 0.300. The molecule has 0 radical (unpaired) electrons. The average molecular weight is 338 g/mol. The number of nitrogens with one attached hydrogen (secondary N) is 1. The topological polar surface area (TPSA) is 58.6 Å². The van der Waals surface area contributed by atoms with Crippen LogP contribution in [0.1, 0.15) is 25.0 Å². The molecule has 130 valence electrons. The van der Waals surface area contributed by atoms with Gasteiger partial charge in [0.1, 0.15) is 5.75 Å². The minimum Gasteiger partial charge on any atom is -0.482 e. The van der Waals surface area contributed by atoms with Gasteiger partial charge in [0.25, 0.3) is 5.91 Å². The monoisotopic (exact) mass is 338 g/mol. The standard InChI is InChI=1S/C20H22N2O3/c1-13(2)20(24)21-16-8-9-18-17(10-16)22(19(23)12-25-18)11-15-7-5-4-6-14(15)3/h4-10,13H,11-12H2,1-3H3,(H,21,24). The third kappa shape index (κ3) is 3.65. The lowest BCUT2D eigenvalue weighted by atomic mass is 10.1. The Kier molecular flexibility index (Phi) is 4.74. The quantitative estimate of drug-likeness (QED) is 0.928. The molecule has 1 N–H and O–H groups in total. The van der Waals surface area contributed by atoms with E-state index in [-0.39, 0.29) is 24.3 Å². The molecular weight excluding hydrogens is 316 g/mol. The van der Waals surface area contributed by atoms with E-state index in [9.17, 15) is 9.59 Å². The summed E-state index contributed by atoms with van der Waals surface area (Å²) >= 11 is 0. The Hall–Kier alpha value is -2.82. The summed E-state index contributed by atoms with van der Waals surface area (Å²) in [5.74, 6) is 0.379. The molecule has 0 saturated carbocycles. The average Bonchev–Trinajstić information content (AvgIpc) is 2.59. The molecule has 5 heteroatoms. The van der Waals surface area contributed by atoms with E-state index in [4.69, 9.17) is 4.74 Å². The number of amides is 2. The van der Waals surface area contributed by atoms with Crippen molar-refractivity contribution in [3.63, 3.8) is 0 Å². The van der Waals surface area contributed by atoms with Crippen LogP contribution in [-0.2, 0) is 16.1 Å². The predicted octanol–water partition coefficient (Wildman–Crippen LogP) is 3.52. The molecule has 2 aromatic carbocycles. The van der Waals surface area contributed by atoms with Crippen LogP contribution in [0.25, 0.3) is 0 Å². The lowest BCUT2D eigenvalue weighted by Crippen LogP contribution is -2.38. The number of hydrogen-bond donors (Lipinski definition) is 1. The number of carbonyl (C=O) groups excluding carboxylic acids is 2. The van der Waals surface area contributed by atoms with Gasteiger partial charge in [0, 0.05) is 11.6 Å². The van der Waals surface area contributed by atoms with Crippen LogP contribution in [0.15, 0.2) is 42.5 Å². The zero-order chi connectivity index (χ0) is 18.0. The largest absolute Gasteiger partial charge is 0.482 e. The maximum absolute atomic E-state index is 12.4. The summed E-state index contributed by atoms with van der Waals surface area (Å²) < 4.78 is 5.54. The van der Waals surface area contributed by atoms with Crippen molar-refractivity contribution in [2.45, 2.75) is 27.3 Å². The van der Waals surface area contributed by atoms with Gasteiger partial charge in [0.15, 0.2) is 6.61 Å². The Labute approximate surface area is 147 Å². The van der Waals surface area contributed by atoms with Crippen LogP contribution in [0.2, 0.25) is 0 Å². The minimum atomic E-state index is -0.114. The lowest BCUT2D eigenvalue weighted by Gasteiger charge is -2.30. The highest BCUT2D eigenvalue weighted by atomic mass is 16.5. The number of carbonyl (C=O) groups is 2. The highest BCUT2D eigenvalue weighted by Crippen LogP contribution is 2.35. The third-order valence-electron chi connectivity index (χ3n) is 4.28. The van der Waals surface area contributed by atoms with Crippen LogP contribution in [0.4, 0.5) is 11.4 Å². The zero-order valence-electron chi connectivity index (χ0n) is 14.7. The molecule has 1 aliphatic rings. The summed E-state index contributed by atoms with van der Waals surface area (Å²) in [6.07, 6.45) is 0. The van der Waals surface area contributed by atoms with Gasteiger partial charge in [0.05, 0.1) is 12.2 Å². The van der Waals surface area contributed by atoms with Crippen molar-refractivity contribution in [3.05, 3.63) is 53.6 Å². The first-order valence-electron chi connectivity index (χ1n) is 8.38. The Morgan fingerprint density at radius 1 is 1.24 bits per heavy atom. The maximum atomic E-state index is 12.4. The van der Waals surface area contributed by atoms with Crippen molar-refractivity contribution >= 4 is 23.2 Å². The van der Waals surface area contributed by atoms with E-state index < -0.39 is 0 Å². The Morgan fingerprint density at radius 3 is 2.72 bits per heavy atom. The van der Waals surface area contributed by atoms with Gasteiger partial charge in [-0.1, -0.05) is 38.1 Å². The molecule has 1 heterocycles. The van der Waals surface area contributed by atoms with Crippen LogP contribution < -0.4 is 15.0 Å². The van der Waals surface area contributed by atoms with E-state index in [0.29, 0.717) is 23.7 Å². The fourth-order valence-corrected chi connectivity index (χ4v) is 2.70. The molecule has 2 aromatic rings. The van der Waals surface area contributed by atoms with Gasteiger partial charge < -0.3 is 15.0 Å². The smallest absolute Gasteiger partial charge is 0.265 e. The Balaban J connectivity index is 1.92. The number of aryl methyl sites for hydroxylation is 1. The van der Waals surface area contributed by atoms with E-state index >= 15 is 0 Å². The first kappa shape index (κ1) is 17.0. The van der Waals surface area contributed by atoms with Crippen LogP contribution >= 0.6 is 0 Å². The van der Waals surface area contributed by atoms with Crippen LogP contribution in [0.3, 0.4) is 0 Å². The number of benzene rings is 2. The second-order valence-electron chi connectivity index (χ2n) is 6.52. The predicted molar refractivity (Wildman–Crippen MR) is 97.8 cm³/mol. The van der Waals surface area contributed by atoms with Crippen molar-refractivity contribution in [2.24, 2.45) is 5.92 Å². The molecule has 25 heavy (non-hydrogen) atoms. The van der Waals surface area contributed by atoms with Gasteiger partial charge in [-0.25, -0.2) is 0 Å². The van der Waals surface area contributed by atoms with Gasteiger partial charge >= 0.3 is 0 Å². The SMILES string of the molecule is Cc1ccccc1CN1C(=O)COc2ccc(NC(=O)C(C)C)cc21. The molecule has 0 bridgehead atoms. The van der Waals surface area contributed by atoms with Gasteiger partial charge in [-0.05, 0) is 36.2 Å². The number of nitrogens with zero attached hydrogens (tertiary/aromatic N) is 1. The van der Waals surface area contributed by atoms with E-state index in [1.165, 1.54) is 0 Å². The molecule has 3 rings (SSSR count). The minimum absolute atomic E-state index is 0.0244. The van der Waals surface area contributed by atoms with Crippen molar-refractivity contribution in [3.8, 4) is 5.75 Å². The van der Waals surface area contributed by atoms with Crippen molar-refractivity contribution in [1.82, 2.24) is 0 Å². The summed E-state index contributed by atoms with van der Waals surface area (Å²) in [6.45, 7) is 6.20. The number of fused-ring (bicyclic) bond motifs is 1. The molecule has 0 atom stereocenters. The molecular formula is C20H22N2O3. The van der Waals surface area contributed by atoms with Gasteiger partial charge in [-0.2, -0.15) is 0 Å². The molecule has 2 amide bonds. The third-order valence-corrected chi connectivity index (χ3v) is 4.28. The summed E-state index contributed by atoms with van der Waals surface area (Å²) in [7, 11) is 0. The molecule has 0 aromatic heterocycles. The number of hydrogen-bond acceptors (Lipinski definition) is 3. The molecule has 0 unspecified atom stereocenters. The number of rotatable bonds is 4. The van der Waals surface area contributed by atoms with Crippen LogP contribution in [-0.4, -0.2) is 18.4 Å². The van der Waals surface area contributed by atoms with E-state index in [2.05, 4.69) is 5.32 Å². The Bertz CT molecular complexity index is 814. The Morgan fingerprint density at radius 2 is 2.00 bits per heavy atom. The molecule has 5 nitrogen and oxygen atoms in total. The van der Waals surface area contributed by atoms with Crippen LogP contribution in [0, 0.1) is 12.8 Å². The van der Waals surface area contributed by atoms with Crippen molar-refractivity contribution in [2.75, 3.05) is 16.8 Å². The summed E-state index contributed by atoms with van der Waals surface area (Å²) in [5.41, 5.74) is 3.56. The van der Waals surface area contributed by atoms with Crippen molar-refractivity contribution < 1.29 is 14.3 Å². The number of anilines is 2. The summed E-state index contributed by atoms with van der Waals surface area (Å²) in [6, 6.07) is 13.4. The first-order valence-corrected chi connectivity index (χ1v) is 8.38. The fourth-order valence-electron chi connectivity index (χ4n) is 2.70. The highest BCUT2D eigenvalue weighted by molar-refractivity contribution is 5.99. The normalized spacial score (nSPS) is 13.4. The van der Waals surface area contributed by atoms with Gasteiger partial charge in [-0.3, -0.25) is 9.59 Å². The van der Waals surface area contributed by atoms with Crippen molar-refractivity contribution in [1.29, 1.82) is 0 Å². The second kappa shape index (κ2) is 6.97. The lowest BCUT2D eigenvalue weighted by molar-refractivity contribution is -0.121. The molecule has 0 saturated heterocycles. The van der Waals surface area contributed by atoms with Gasteiger partial charge in [0.2, 0.25) is 5.91 Å². The zero-order valence-corrected chi connectivity index (χ0v) is 14.7. The maximum Gasteiger partial charge on any atom is 0.265 e. The van der Waals surface area contributed by atoms with E-state index in [1.54, 1.807) is 23.1 Å². The summed E-state index contributed by atoms with van der Waals surface area (Å²) in [5, 5.41) is 2.87. The number of ether oxygens (including phenoxy) is 1.